The Morgan fingerprint density at radius 2 is 1.86 bits per heavy atom. The highest BCUT2D eigenvalue weighted by Crippen LogP contribution is 2.38. The molecule has 1 aromatic carbocycles. The largest absolute Gasteiger partial charge is 0.493 e. The van der Waals surface area contributed by atoms with E-state index in [1.54, 1.807) is 26.4 Å². The van der Waals surface area contributed by atoms with Gasteiger partial charge >= 0.3 is 0 Å². The molecule has 0 aliphatic heterocycles. The minimum Gasteiger partial charge on any atom is -0.493 e. The molecule has 1 aliphatic carbocycles. The number of benzene rings is 1. The number of hydrogen-bond donors (Lipinski definition) is 1. The Morgan fingerprint density at radius 1 is 1.29 bits per heavy atom. The van der Waals surface area contributed by atoms with Gasteiger partial charge in [0.25, 0.3) is 0 Å². The number of hydrogen-bond acceptors (Lipinski definition) is 3. The van der Waals surface area contributed by atoms with Crippen LogP contribution >= 0.6 is 27.5 Å². The van der Waals surface area contributed by atoms with Crippen LogP contribution in [0.2, 0.25) is 0 Å². The van der Waals surface area contributed by atoms with Gasteiger partial charge in [0.15, 0.2) is 11.5 Å². The van der Waals surface area contributed by atoms with Gasteiger partial charge in [0.1, 0.15) is 5.38 Å². The summed E-state index contributed by atoms with van der Waals surface area (Å²) in [5, 5.41) is 2.24. The van der Waals surface area contributed by atoms with Gasteiger partial charge in [0.2, 0.25) is 5.91 Å². The van der Waals surface area contributed by atoms with Gasteiger partial charge in [0.05, 0.1) is 14.2 Å². The Labute approximate surface area is 138 Å². The lowest BCUT2D eigenvalue weighted by Gasteiger charge is -2.18. The van der Waals surface area contributed by atoms with Gasteiger partial charge in [-0.05, 0) is 30.5 Å². The second kappa shape index (κ2) is 7.36. The number of nitrogens with one attached hydrogen (secondary N) is 1. The third-order valence-electron chi connectivity index (χ3n) is 3.71. The summed E-state index contributed by atoms with van der Waals surface area (Å²) in [7, 11) is 3.12. The molecule has 0 bridgehead atoms. The van der Waals surface area contributed by atoms with E-state index in [-0.39, 0.29) is 11.9 Å². The molecule has 116 valence electrons. The van der Waals surface area contributed by atoms with Crippen LogP contribution in [0.25, 0.3) is 0 Å². The molecule has 0 aromatic heterocycles. The minimum atomic E-state index is -0.764. The van der Waals surface area contributed by atoms with Crippen LogP contribution in [0.3, 0.4) is 0 Å². The molecule has 1 saturated carbocycles. The monoisotopic (exact) mass is 375 g/mol. The predicted octanol–water partition coefficient (Wildman–Crippen LogP) is 3.81. The van der Waals surface area contributed by atoms with Crippen molar-refractivity contribution in [1.82, 2.24) is 5.32 Å². The van der Waals surface area contributed by atoms with Gasteiger partial charge in [-0.15, -0.1) is 11.6 Å². The Kier molecular flexibility index (Phi) is 5.76. The van der Waals surface area contributed by atoms with E-state index in [9.17, 15) is 4.79 Å². The maximum Gasteiger partial charge on any atom is 0.242 e. The molecule has 2 rings (SSSR count). The lowest BCUT2D eigenvalue weighted by atomic mass is 10.1. The molecular formula is C15H19BrClNO3. The first-order chi connectivity index (χ1) is 10.1. The third-order valence-corrected chi connectivity index (χ3v) is 4.83. The summed E-state index contributed by atoms with van der Waals surface area (Å²) in [6.07, 6.45) is 4.39. The van der Waals surface area contributed by atoms with Crippen molar-refractivity contribution in [2.75, 3.05) is 14.2 Å². The van der Waals surface area contributed by atoms with Crippen LogP contribution in [0.15, 0.2) is 16.6 Å². The fourth-order valence-corrected chi connectivity index (χ4v) is 3.48. The molecule has 1 N–H and O–H groups in total. The topological polar surface area (TPSA) is 47.6 Å². The summed E-state index contributed by atoms with van der Waals surface area (Å²) in [6.45, 7) is 0. The van der Waals surface area contributed by atoms with Gasteiger partial charge < -0.3 is 14.8 Å². The van der Waals surface area contributed by atoms with Crippen LogP contribution in [0.4, 0.5) is 0 Å². The van der Waals surface area contributed by atoms with E-state index in [0.717, 1.165) is 30.2 Å². The lowest BCUT2D eigenvalue weighted by Crippen LogP contribution is -2.35. The molecule has 6 heteroatoms. The average molecular weight is 377 g/mol. The summed E-state index contributed by atoms with van der Waals surface area (Å²) in [4.78, 5) is 12.3. The Bertz CT molecular complexity index is 518. The zero-order valence-corrected chi connectivity index (χ0v) is 14.5. The normalized spacial score (nSPS) is 16.6. The van der Waals surface area contributed by atoms with Crippen LogP contribution < -0.4 is 14.8 Å². The van der Waals surface area contributed by atoms with Crippen LogP contribution in [0.1, 0.15) is 36.6 Å². The van der Waals surface area contributed by atoms with Crippen molar-refractivity contribution in [2.45, 2.75) is 37.1 Å². The first kappa shape index (κ1) is 16.4. The molecular weight excluding hydrogens is 358 g/mol. The van der Waals surface area contributed by atoms with Crippen LogP contribution in [0, 0.1) is 0 Å². The second-order valence-corrected chi connectivity index (χ2v) is 6.37. The van der Waals surface area contributed by atoms with Crippen molar-refractivity contribution in [3.05, 3.63) is 22.2 Å². The smallest absolute Gasteiger partial charge is 0.242 e. The third kappa shape index (κ3) is 3.83. The molecule has 0 radical (unpaired) electrons. The van der Waals surface area contributed by atoms with E-state index >= 15 is 0 Å². The van der Waals surface area contributed by atoms with Crippen LogP contribution in [0.5, 0.6) is 11.5 Å². The Hall–Kier alpha value is -0.940. The molecule has 0 heterocycles. The van der Waals surface area contributed by atoms with Crippen molar-refractivity contribution in [3.63, 3.8) is 0 Å². The van der Waals surface area contributed by atoms with Gasteiger partial charge in [-0.2, -0.15) is 0 Å². The molecule has 0 saturated heterocycles. The Balaban J connectivity index is 2.17. The van der Waals surface area contributed by atoms with E-state index in [1.807, 2.05) is 0 Å². The molecule has 1 aromatic rings. The molecule has 1 aliphatic rings. The second-order valence-electron chi connectivity index (χ2n) is 5.08. The molecule has 21 heavy (non-hydrogen) atoms. The lowest BCUT2D eigenvalue weighted by molar-refractivity contribution is -0.121. The molecule has 1 unspecified atom stereocenters. The number of alkyl halides is 1. The van der Waals surface area contributed by atoms with E-state index in [4.69, 9.17) is 21.1 Å². The SMILES string of the molecule is COc1cc(Br)c(C(Cl)C(=O)NC2CCCC2)cc1OC. The van der Waals surface area contributed by atoms with Gasteiger partial charge in [-0.3, -0.25) is 4.79 Å². The van der Waals surface area contributed by atoms with Crippen LogP contribution in [-0.4, -0.2) is 26.2 Å². The van der Waals surface area contributed by atoms with E-state index < -0.39 is 5.38 Å². The summed E-state index contributed by atoms with van der Waals surface area (Å²) >= 11 is 9.76. The summed E-state index contributed by atoms with van der Waals surface area (Å²) in [5.41, 5.74) is 0.671. The zero-order valence-electron chi connectivity index (χ0n) is 12.1. The Morgan fingerprint density at radius 3 is 2.43 bits per heavy atom. The zero-order chi connectivity index (χ0) is 15.4. The fourth-order valence-electron chi connectivity index (χ4n) is 2.55. The van der Waals surface area contributed by atoms with E-state index in [0.29, 0.717) is 17.1 Å². The standard InChI is InChI=1S/C15H19BrClNO3/c1-20-12-7-10(11(16)8-13(12)21-2)14(17)15(19)18-9-5-3-4-6-9/h7-9,14H,3-6H2,1-2H3,(H,18,19). The molecule has 1 amide bonds. The highest BCUT2D eigenvalue weighted by Gasteiger charge is 2.25. The average Bonchev–Trinajstić information content (AvgIpc) is 2.99. The van der Waals surface area contributed by atoms with Gasteiger partial charge in [-0.25, -0.2) is 0 Å². The minimum absolute atomic E-state index is 0.170. The number of amides is 1. The number of ether oxygens (including phenoxy) is 2. The predicted molar refractivity (Wildman–Crippen MR) is 86.2 cm³/mol. The van der Waals surface area contributed by atoms with Crippen LogP contribution in [-0.2, 0) is 4.79 Å². The summed E-state index contributed by atoms with van der Waals surface area (Å²) < 4.78 is 11.2. The van der Waals surface area contributed by atoms with Crippen molar-refractivity contribution >= 4 is 33.4 Å². The molecule has 1 atom stereocenters. The first-order valence-corrected chi connectivity index (χ1v) is 8.15. The summed E-state index contributed by atoms with van der Waals surface area (Å²) in [6, 6.07) is 3.74. The van der Waals surface area contributed by atoms with E-state index in [1.165, 1.54) is 0 Å². The van der Waals surface area contributed by atoms with Crippen molar-refractivity contribution in [1.29, 1.82) is 0 Å². The molecule has 0 spiro atoms. The first-order valence-electron chi connectivity index (χ1n) is 6.92. The maximum absolute atomic E-state index is 12.3. The number of methoxy groups -OCH3 is 2. The summed E-state index contributed by atoms with van der Waals surface area (Å²) in [5.74, 6) is 0.972. The van der Waals surface area contributed by atoms with E-state index in [2.05, 4.69) is 21.2 Å². The number of carbonyl (C=O) groups is 1. The van der Waals surface area contributed by atoms with Gasteiger partial charge in [-0.1, -0.05) is 28.8 Å². The molecule has 4 nitrogen and oxygen atoms in total. The fraction of sp³-hybridized carbons (Fsp3) is 0.533. The maximum atomic E-state index is 12.3. The van der Waals surface area contributed by atoms with Crippen molar-refractivity contribution in [3.8, 4) is 11.5 Å². The number of halogens is 2. The van der Waals surface area contributed by atoms with Crippen molar-refractivity contribution < 1.29 is 14.3 Å². The number of rotatable bonds is 5. The highest BCUT2D eigenvalue weighted by molar-refractivity contribution is 9.10. The molecule has 1 fully saturated rings. The number of carbonyl (C=O) groups excluding carboxylic acids is 1. The van der Waals surface area contributed by atoms with Gasteiger partial charge in [0, 0.05) is 10.5 Å². The van der Waals surface area contributed by atoms with Crippen molar-refractivity contribution in [2.24, 2.45) is 0 Å². The quantitative estimate of drug-likeness (QED) is 0.795. The highest BCUT2D eigenvalue weighted by atomic mass is 79.9.